The maximum atomic E-state index is 12.1. The third kappa shape index (κ3) is 3.10. The Hall–Kier alpha value is -0.470. The van der Waals surface area contributed by atoms with Gasteiger partial charge in [0.1, 0.15) is 0 Å². The van der Waals surface area contributed by atoms with Crippen LogP contribution in [-0.4, -0.2) is 45.1 Å². The first-order valence-electron chi connectivity index (χ1n) is 5.88. The van der Waals surface area contributed by atoms with Crippen molar-refractivity contribution in [2.75, 3.05) is 26.7 Å². The number of hydrogen-bond acceptors (Lipinski definition) is 5. The summed E-state index contributed by atoms with van der Waals surface area (Å²) >= 11 is 1.26. The number of aliphatic hydroxyl groups is 1. The molecule has 0 spiro atoms. The van der Waals surface area contributed by atoms with Gasteiger partial charge in [0.15, 0.2) is 0 Å². The zero-order valence-electron chi connectivity index (χ0n) is 10.3. The van der Waals surface area contributed by atoms with Crippen LogP contribution in [0.25, 0.3) is 0 Å². The summed E-state index contributed by atoms with van der Waals surface area (Å²) in [5, 5.41) is 10.8. The van der Waals surface area contributed by atoms with Gasteiger partial charge in [0.25, 0.3) is 0 Å². The Morgan fingerprint density at radius 1 is 1.61 bits per heavy atom. The third-order valence-electron chi connectivity index (χ3n) is 3.19. The SMILES string of the molecule is CN1CCC(CNS(=O)(=O)c2ccsc2CO)C1. The normalized spacial score (nSPS) is 21.6. The Morgan fingerprint density at radius 2 is 2.39 bits per heavy atom. The molecule has 1 aliphatic heterocycles. The second-order valence-electron chi connectivity index (χ2n) is 4.63. The molecule has 1 aromatic heterocycles. The van der Waals surface area contributed by atoms with Gasteiger partial charge < -0.3 is 10.0 Å². The molecule has 1 aliphatic rings. The standard InChI is InChI=1S/C11H18N2O3S2/c1-13-4-2-9(7-13)6-12-18(15,16)11-3-5-17-10(11)8-14/h3,5,9,12,14H,2,4,6-8H2,1H3. The summed E-state index contributed by atoms with van der Waals surface area (Å²) in [6.07, 6.45) is 1.02. The molecule has 2 heterocycles. The van der Waals surface area contributed by atoms with Crippen LogP contribution in [0.4, 0.5) is 0 Å². The molecule has 0 bridgehead atoms. The van der Waals surface area contributed by atoms with E-state index in [-0.39, 0.29) is 11.5 Å². The molecule has 18 heavy (non-hydrogen) atoms. The van der Waals surface area contributed by atoms with Crippen molar-refractivity contribution in [2.45, 2.75) is 17.9 Å². The minimum atomic E-state index is -3.48. The minimum Gasteiger partial charge on any atom is -0.391 e. The van der Waals surface area contributed by atoms with Crippen molar-refractivity contribution in [1.29, 1.82) is 0 Å². The van der Waals surface area contributed by atoms with Crippen LogP contribution in [0, 0.1) is 5.92 Å². The molecule has 7 heteroatoms. The number of likely N-dealkylation sites (tertiary alicyclic amines) is 1. The maximum absolute atomic E-state index is 12.1. The van der Waals surface area contributed by atoms with Crippen molar-refractivity contribution in [3.8, 4) is 0 Å². The Bertz CT molecular complexity index is 498. The van der Waals surface area contributed by atoms with Gasteiger partial charge in [0, 0.05) is 18.0 Å². The van der Waals surface area contributed by atoms with Crippen LogP contribution < -0.4 is 4.72 Å². The summed E-state index contributed by atoms with van der Waals surface area (Å²) in [5.74, 6) is 0.376. The van der Waals surface area contributed by atoms with E-state index in [1.807, 2.05) is 7.05 Å². The van der Waals surface area contributed by atoms with E-state index in [1.54, 1.807) is 11.4 Å². The number of rotatable bonds is 5. The predicted octanol–water partition coefficient (Wildman–Crippen LogP) is 0.470. The van der Waals surface area contributed by atoms with Gasteiger partial charge in [-0.15, -0.1) is 11.3 Å². The number of nitrogens with zero attached hydrogens (tertiary/aromatic N) is 1. The van der Waals surface area contributed by atoms with Crippen LogP contribution in [0.5, 0.6) is 0 Å². The largest absolute Gasteiger partial charge is 0.391 e. The molecule has 1 saturated heterocycles. The van der Waals surface area contributed by atoms with E-state index in [0.29, 0.717) is 17.3 Å². The Labute approximate surface area is 111 Å². The molecule has 1 fully saturated rings. The number of nitrogens with one attached hydrogen (secondary N) is 1. The third-order valence-corrected chi connectivity index (χ3v) is 5.73. The molecule has 1 unspecified atom stereocenters. The molecule has 0 saturated carbocycles. The van der Waals surface area contributed by atoms with E-state index < -0.39 is 10.0 Å². The first kappa shape index (κ1) is 14.0. The number of aliphatic hydroxyl groups excluding tert-OH is 1. The van der Waals surface area contributed by atoms with Crippen molar-refractivity contribution in [2.24, 2.45) is 5.92 Å². The minimum absolute atomic E-state index is 0.210. The van der Waals surface area contributed by atoms with Gasteiger partial charge in [-0.25, -0.2) is 13.1 Å². The summed E-state index contributed by atoms with van der Waals surface area (Å²) in [7, 11) is -1.44. The first-order chi connectivity index (χ1) is 8.53. The fourth-order valence-corrected chi connectivity index (χ4v) is 4.59. The van der Waals surface area contributed by atoms with E-state index in [0.717, 1.165) is 19.5 Å². The molecule has 1 atom stereocenters. The molecule has 2 rings (SSSR count). The van der Waals surface area contributed by atoms with Gasteiger partial charge in [-0.05, 0) is 37.4 Å². The summed E-state index contributed by atoms with van der Waals surface area (Å²) in [4.78, 5) is 2.90. The van der Waals surface area contributed by atoms with Crippen LogP contribution in [-0.2, 0) is 16.6 Å². The van der Waals surface area contributed by atoms with Crippen LogP contribution in [0.15, 0.2) is 16.3 Å². The van der Waals surface area contributed by atoms with Gasteiger partial charge in [0.2, 0.25) is 10.0 Å². The second kappa shape index (κ2) is 5.66. The predicted molar refractivity (Wildman–Crippen MR) is 71.0 cm³/mol. The smallest absolute Gasteiger partial charge is 0.241 e. The van der Waals surface area contributed by atoms with Gasteiger partial charge in [-0.2, -0.15) is 0 Å². The van der Waals surface area contributed by atoms with Gasteiger partial charge in [-0.1, -0.05) is 0 Å². The fourth-order valence-electron chi connectivity index (χ4n) is 2.18. The Balaban J connectivity index is 1.99. The van der Waals surface area contributed by atoms with Crippen LogP contribution in [0.3, 0.4) is 0 Å². The van der Waals surface area contributed by atoms with E-state index >= 15 is 0 Å². The number of hydrogen-bond donors (Lipinski definition) is 2. The molecule has 2 N–H and O–H groups in total. The average molecular weight is 290 g/mol. The Kier molecular flexibility index (Phi) is 4.39. The summed E-state index contributed by atoms with van der Waals surface area (Å²) in [5.41, 5.74) is 0. The highest BCUT2D eigenvalue weighted by molar-refractivity contribution is 7.89. The summed E-state index contributed by atoms with van der Waals surface area (Å²) < 4.78 is 26.8. The average Bonchev–Trinajstić information content (AvgIpc) is 2.95. The number of thiophene rings is 1. The lowest BCUT2D eigenvalue weighted by atomic mass is 10.1. The van der Waals surface area contributed by atoms with E-state index in [2.05, 4.69) is 9.62 Å². The zero-order chi connectivity index (χ0) is 13.2. The van der Waals surface area contributed by atoms with E-state index in [9.17, 15) is 8.42 Å². The van der Waals surface area contributed by atoms with Crippen LogP contribution in [0.2, 0.25) is 0 Å². The topological polar surface area (TPSA) is 69.6 Å². The van der Waals surface area contributed by atoms with Gasteiger partial charge in [-0.3, -0.25) is 0 Å². The van der Waals surface area contributed by atoms with Crippen LogP contribution >= 0.6 is 11.3 Å². The highest BCUT2D eigenvalue weighted by Gasteiger charge is 2.24. The molecule has 0 amide bonds. The van der Waals surface area contributed by atoms with Gasteiger partial charge >= 0.3 is 0 Å². The monoisotopic (exact) mass is 290 g/mol. The van der Waals surface area contributed by atoms with E-state index in [1.165, 1.54) is 11.3 Å². The lowest BCUT2D eigenvalue weighted by Crippen LogP contribution is -2.30. The highest BCUT2D eigenvalue weighted by Crippen LogP contribution is 2.22. The molecular weight excluding hydrogens is 272 g/mol. The highest BCUT2D eigenvalue weighted by atomic mass is 32.2. The lowest BCUT2D eigenvalue weighted by Gasteiger charge is -2.12. The van der Waals surface area contributed by atoms with Crippen molar-refractivity contribution in [3.05, 3.63) is 16.3 Å². The quantitative estimate of drug-likeness (QED) is 0.827. The molecule has 102 valence electrons. The van der Waals surface area contributed by atoms with Crippen molar-refractivity contribution in [3.63, 3.8) is 0 Å². The molecular formula is C11H18N2O3S2. The zero-order valence-corrected chi connectivity index (χ0v) is 11.9. The van der Waals surface area contributed by atoms with Gasteiger partial charge in [0.05, 0.1) is 11.5 Å². The fraction of sp³-hybridized carbons (Fsp3) is 0.636. The summed E-state index contributed by atoms with van der Waals surface area (Å²) in [6, 6.07) is 1.54. The lowest BCUT2D eigenvalue weighted by molar-refractivity contribution is 0.282. The molecule has 0 aromatic carbocycles. The van der Waals surface area contributed by atoms with E-state index in [4.69, 9.17) is 5.11 Å². The second-order valence-corrected chi connectivity index (χ2v) is 7.37. The maximum Gasteiger partial charge on any atom is 0.241 e. The molecule has 5 nitrogen and oxygen atoms in total. The van der Waals surface area contributed by atoms with Crippen molar-refractivity contribution >= 4 is 21.4 Å². The first-order valence-corrected chi connectivity index (χ1v) is 8.24. The number of sulfonamides is 1. The molecule has 1 aromatic rings. The Morgan fingerprint density at radius 3 is 3.00 bits per heavy atom. The van der Waals surface area contributed by atoms with Crippen molar-refractivity contribution < 1.29 is 13.5 Å². The summed E-state index contributed by atoms with van der Waals surface area (Å²) in [6.45, 7) is 2.18. The van der Waals surface area contributed by atoms with Crippen molar-refractivity contribution in [1.82, 2.24) is 9.62 Å². The van der Waals surface area contributed by atoms with Crippen LogP contribution in [0.1, 0.15) is 11.3 Å². The molecule has 0 radical (unpaired) electrons. The molecule has 0 aliphatic carbocycles.